The maximum Gasteiger partial charge on any atom is 0.317 e. The molecule has 1 fully saturated rings. The van der Waals surface area contributed by atoms with Crippen molar-refractivity contribution in [3.8, 4) is 11.3 Å². The van der Waals surface area contributed by atoms with Crippen molar-refractivity contribution < 1.29 is 9.53 Å². The normalized spacial score (nSPS) is 14.8. The molecule has 1 saturated heterocycles. The SMILES string of the molecule is COCCNCCNC(=O)N1CCC(c2nccc(-c3ccccc3)n2)CC1. The lowest BCUT2D eigenvalue weighted by Gasteiger charge is -2.31. The van der Waals surface area contributed by atoms with Gasteiger partial charge in [-0.3, -0.25) is 0 Å². The van der Waals surface area contributed by atoms with Crippen molar-refractivity contribution in [2.75, 3.05) is 46.4 Å². The highest BCUT2D eigenvalue weighted by Gasteiger charge is 2.25. The zero-order chi connectivity index (χ0) is 19.6. The highest BCUT2D eigenvalue weighted by atomic mass is 16.5. The molecule has 2 heterocycles. The van der Waals surface area contributed by atoms with Gasteiger partial charge in [-0.2, -0.15) is 0 Å². The Hall–Kier alpha value is -2.51. The number of likely N-dealkylation sites (tertiary alicyclic amines) is 1. The molecule has 0 bridgehead atoms. The Morgan fingerprint density at radius 1 is 1.14 bits per heavy atom. The van der Waals surface area contributed by atoms with Crippen molar-refractivity contribution in [3.63, 3.8) is 0 Å². The summed E-state index contributed by atoms with van der Waals surface area (Å²) in [5.41, 5.74) is 2.05. The number of benzene rings is 1. The van der Waals surface area contributed by atoms with E-state index in [0.717, 1.165) is 56.1 Å². The molecule has 0 spiro atoms. The van der Waals surface area contributed by atoms with E-state index in [1.54, 1.807) is 7.11 Å². The largest absolute Gasteiger partial charge is 0.383 e. The number of ether oxygens (including phenoxy) is 1. The quantitative estimate of drug-likeness (QED) is 0.684. The number of carbonyl (C=O) groups is 1. The molecule has 150 valence electrons. The van der Waals surface area contributed by atoms with E-state index in [1.807, 2.05) is 35.4 Å². The van der Waals surface area contributed by atoms with Crippen molar-refractivity contribution in [2.45, 2.75) is 18.8 Å². The first kappa shape index (κ1) is 20.2. The van der Waals surface area contributed by atoms with Crippen LogP contribution < -0.4 is 10.6 Å². The molecule has 3 rings (SSSR count). The van der Waals surface area contributed by atoms with Crippen LogP contribution in [0.3, 0.4) is 0 Å². The van der Waals surface area contributed by atoms with Crippen molar-refractivity contribution in [3.05, 3.63) is 48.4 Å². The standard InChI is InChI=1S/C21H29N5O2/c1-28-16-13-22-11-12-24-21(27)26-14-8-18(9-15-26)20-23-10-7-19(25-20)17-5-3-2-4-6-17/h2-7,10,18,22H,8-9,11-16H2,1H3,(H,24,27). The van der Waals surface area contributed by atoms with Crippen LogP contribution >= 0.6 is 0 Å². The number of aromatic nitrogens is 2. The van der Waals surface area contributed by atoms with Gasteiger partial charge in [0.05, 0.1) is 12.3 Å². The molecule has 1 aromatic carbocycles. The number of rotatable bonds is 8. The molecular formula is C21H29N5O2. The summed E-state index contributed by atoms with van der Waals surface area (Å²) in [4.78, 5) is 23.4. The summed E-state index contributed by atoms with van der Waals surface area (Å²) >= 11 is 0. The molecule has 2 aromatic rings. The lowest BCUT2D eigenvalue weighted by Crippen LogP contribution is -2.46. The van der Waals surface area contributed by atoms with E-state index >= 15 is 0 Å². The first-order chi connectivity index (χ1) is 13.8. The molecule has 1 aliphatic heterocycles. The van der Waals surface area contributed by atoms with E-state index < -0.39 is 0 Å². The Bertz CT molecular complexity index is 733. The third-order valence-electron chi connectivity index (χ3n) is 4.95. The number of hydrogen-bond donors (Lipinski definition) is 2. The lowest BCUT2D eigenvalue weighted by molar-refractivity contribution is 0.180. The number of urea groups is 1. The molecule has 2 amide bonds. The Morgan fingerprint density at radius 2 is 1.93 bits per heavy atom. The fourth-order valence-corrected chi connectivity index (χ4v) is 3.35. The van der Waals surface area contributed by atoms with Gasteiger partial charge >= 0.3 is 6.03 Å². The summed E-state index contributed by atoms with van der Waals surface area (Å²) in [5, 5.41) is 6.18. The summed E-state index contributed by atoms with van der Waals surface area (Å²) < 4.78 is 4.98. The van der Waals surface area contributed by atoms with Crippen molar-refractivity contribution in [1.29, 1.82) is 0 Å². The number of hydrogen-bond acceptors (Lipinski definition) is 5. The minimum absolute atomic E-state index is 0.00551. The van der Waals surface area contributed by atoms with Crippen LogP contribution in [0.25, 0.3) is 11.3 Å². The molecule has 7 heteroatoms. The van der Waals surface area contributed by atoms with Gasteiger partial charge in [0.1, 0.15) is 5.82 Å². The minimum Gasteiger partial charge on any atom is -0.383 e. The van der Waals surface area contributed by atoms with Gasteiger partial charge < -0.3 is 20.3 Å². The average molecular weight is 383 g/mol. The maximum absolute atomic E-state index is 12.3. The van der Waals surface area contributed by atoms with Crippen LogP contribution in [0.1, 0.15) is 24.6 Å². The Morgan fingerprint density at radius 3 is 2.68 bits per heavy atom. The maximum atomic E-state index is 12.3. The predicted molar refractivity (Wildman–Crippen MR) is 109 cm³/mol. The topological polar surface area (TPSA) is 79.4 Å². The summed E-state index contributed by atoms with van der Waals surface area (Å²) in [6.07, 6.45) is 3.61. The molecule has 1 aliphatic rings. The number of nitrogens with one attached hydrogen (secondary N) is 2. The zero-order valence-corrected chi connectivity index (χ0v) is 16.4. The first-order valence-corrected chi connectivity index (χ1v) is 9.88. The van der Waals surface area contributed by atoms with Gasteiger partial charge in [-0.05, 0) is 18.9 Å². The third kappa shape index (κ3) is 5.74. The fourth-order valence-electron chi connectivity index (χ4n) is 3.35. The summed E-state index contributed by atoms with van der Waals surface area (Å²) in [5.74, 6) is 1.17. The summed E-state index contributed by atoms with van der Waals surface area (Å²) in [6, 6.07) is 12.1. The molecule has 0 radical (unpaired) electrons. The van der Waals surface area contributed by atoms with Crippen LogP contribution in [0, 0.1) is 0 Å². The van der Waals surface area contributed by atoms with Gasteiger partial charge in [0, 0.05) is 57.5 Å². The summed E-state index contributed by atoms with van der Waals surface area (Å²) in [7, 11) is 1.68. The molecule has 0 aliphatic carbocycles. The number of nitrogens with zero attached hydrogens (tertiary/aromatic N) is 3. The van der Waals surface area contributed by atoms with Crippen LogP contribution in [0.15, 0.2) is 42.6 Å². The van der Waals surface area contributed by atoms with Crippen molar-refractivity contribution in [1.82, 2.24) is 25.5 Å². The van der Waals surface area contributed by atoms with Gasteiger partial charge in [0.15, 0.2) is 0 Å². The zero-order valence-electron chi connectivity index (χ0n) is 16.4. The van der Waals surface area contributed by atoms with Gasteiger partial charge in [0.2, 0.25) is 0 Å². The molecule has 0 unspecified atom stereocenters. The van der Waals surface area contributed by atoms with E-state index in [-0.39, 0.29) is 6.03 Å². The molecule has 2 N–H and O–H groups in total. The smallest absolute Gasteiger partial charge is 0.317 e. The Balaban J connectivity index is 1.46. The predicted octanol–water partition coefficient (Wildman–Crippen LogP) is 2.27. The minimum atomic E-state index is 0.00551. The van der Waals surface area contributed by atoms with Gasteiger partial charge in [-0.25, -0.2) is 14.8 Å². The number of piperidine rings is 1. The van der Waals surface area contributed by atoms with E-state index in [1.165, 1.54) is 0 Å². The molecule has 7 nitrogen and oxygen atoms in total. The van der Waals surface area contributed by atoms with Crippen LogP contribution in [-0.2, 0) is 4.74 Å². The second kappa shape index (κ2) is 10.7. The molecule has 28 heavy (non-hydrogen) atoms. The van der Waals surface area contributed by atoms with Crippen LogP contribution in [-0.4, -0.2) is 67.3 Å². The molecule has 1 aromatic heterocycles. The van der Waals surface area contributed by atoms with Gasteiger partial charge in [0.25, 0.3) is 0 Å². The third-order valence-corrected chi connectivity index (χ3v) is 4.95. The summed E-state index contributed by atoms with van der Waals surface area (Å²) in [6.45, 7) is 4.28. The van der Waals surface area contributed by atoms with E-state index in [4.69, 9.17) is 9.72 Å². The molecule has 0 atom stereocenters. The van der Waals surface area contributed by atoms with Gasteiger partial charge in [-0.15, -0.1) is 0 Å². The average Bonchev–Trinajstić information content (AvgIpc) is 2.77. The first-order valence-electron chi connectivity index (χ1n) is 9.88. The van der Waals surface area contributed by atoms with E-state index in [2.05, 4.69) is 27.8 Å². The van der Waals surface area contributed by atoms with Crippen LogP contribution in [0.5, 0.6) is 0 Å². The lowest BCUT2D eigenvalue weighted by atomic mass is 9.96. The van der Waals surface area contributed by atoms with Crippen LogP contribution in [0.4, 0.5) is 4.79 Å². The number of amides is 2. The number of carbonyl (C=O) groups excluding carboxylic acids is 1. The highest BCUT2D eigenvalue weighted by Crippen LogP contribution is 2.27. The van der Waals surface area contributed by atoms with Gasteiger partial charge in [-0.1, -0.05) is 30.3 Å². The monoisotopic (exact) mass is 383 g/mol. The second-order valence-electron chi connectivity index (χ2n) is 6.90. The Kier molecular flexibility index (Phi) is 7.75. The van der Waals surface area contributed by atoms with E-state index in [0.29, 0.717) is 19.1 Å². The second-order valence-corrected chi connectivity index (χ2v) is 6.90. The van der Waals surface area contributed by atoms with Crippen LogP contribution in [0.2, 0.25) is 0 Å². The Labute approximate surface area is 166 Å². The fraction of sp³-hybridized carbons (Fsp3) is 0.476. The van der Waals surface area contributed by atoms with Crippen molar-refractivity contribution in [2.24, 2.45) is 0 Å². The molecular weight excluding hydrogens is 354 g/mol. The van der Waals surface area contributed by atoms with Crippen molar-refractivity contribution >= 4 is 6.03 Å². The number of methoxy groups -OCH3 is 1. The molecule has 0 saturated carbocycles. The van der Waals surface area contributed by atoms with E-state index in [9.17, 15) is 4.79 Å². The highest BCUT2D eigenvalue weighted by molar-refractivity contribution is 5.74.